The largest absolute Gasteiger partial charge is 0.265 e. The molecule has 0 aliphatic rings. The molecule has 2 aromatic rings. The summed E-state index contributed by atoms with van der Waals surface area (Å²) in [4.78, 5) is 8.30. The number of rotatable bonds is 13. The van der Waals surface area contributed by atoms with Crippen molar-refractivity contribution in [2.45, 2.75) is 11.7 Å². The van der Waals surface area contributed by atoms with Gasteiger partial charge in [0, 0.05) is 47.8 Å². The zero-order valence-corrected chi connectivity index (χ0v) is 17.9. The molecule has 2 heterocycles. The minimum Gasteiger partial charge on any atom is -0.265 e. The van der Waals surface area contributed by atoms with Gasteiger partial charge in [0.25, 0.3) is 0 Å². The second kappa shape index (κ2) is 13.8. The van der Waals surface area contributed by atoms with E-state index in [0.717, 1.165) is 0 Å². The van der Waals surface area contributed by atoms with E-state index in [1.165, 1.54) is 52.1 Å². The highest BCUT2D eigenvalue weighted by atomic mass is 32.2. The number of hydrogen-bond acceptors (Lipinski definition) is 6. The van der Waals surface area contributed by atoms with Crippen LogP contribution in [0.25, 0.3) is 0 Å². The van der Waals surface area contributed by atoms with E-state index in [4.69, 9.17) is 0 Å². The SMILES string of the molecule is CSCCSCCCSCCSC(c1ccncc1)c1ccncc1. The van der Waals surface area contributed by atoms with Crippen molar-refractivity contribution in [2.75, 3.05) is 40.8 Å². The number of thioether (sulfide) groups is 4. The summed E-state index contributed by atoms with van der Waals surface area (Å²) in [6, 6.07) is 8.49. The maximum atomic E-state index is 4.15. The lowest BCUT2D eigenvalue weighted by Gasteiger charge is -2.17. The maximum Gasteiger partial charge on any atom is 0.0549 e. The van der Waals surface area contributed by atoms with Gasteiger partial charge in [-0.2, -0.15) is 35.3 Å². The summed E-state index contributed by atoms with van der Waals surface area (Å²) in [6.07, 6.45) is 11.0. The average molecular weight is 411 g/mol. The summed E-state index contributed by atoms with van der Waals surface area (Å²) >= 11 is 8.13. The van der Waals surface area contributed by atoms with Crippen LogP contribution >= 0.6 is 47.0 Å². The van der Waals surface area contributed by atoms with Gasteiger partial charge < -0.3 is 0 Å². The predicted molar refractivity (Wildman–Crippen MR) is 120 cm³/mol. The van der Waals surface area contributed by atoms with E-state index in [2.05, 4.69) is 64.0 Å². The molecule has 2 aromatic heterocycles. The molecule has 0 N–H and O–H groups in total. The average Bonchev–Trinajstić information content (AvgIpc) is 2.67. The first kappa shape index (κ1) is 21.0. The van der Waals surface area contributed by atoms with Gasteiger partial charge in [0.15, 0.2) is 0 Å². The third-order valence-electron chi connectivity index (χ3n) is 3.54. The van der Waals surface area contributed by atoms with Gasteiger partial charge in [0.2, 0.25) is 0 Å². The summed E-state index contributed by atoms with van der Waals surface area (Å²) in [7, 11) is 0. The highest BCUT2D eigenvalue weighted by molar-refractivity contribution is 8.03. The highest BCUT2D eigenvalue weighted by Crippen LogP contribution is 2.35. The molecule has 0 aliphatic heterocycles. The fourth-order valence-electron chi connectivity index (χ4n) is 2.30. The molecular weight excluding hydrogens is 384 g/mol. The van der Waals surface area contributed by atoms with Crippen LogP contribution in [-0.4, -0.2) is 50.7 Å². The second-order valence-corrected chi connectivity index (χ2v) is 10.0. The molecule has 136 valence electrons. The van der Waals surface area contributed by atoms with Gasteiger partial charge in [0.05, 0.1) is 5.25 Å². The van der Waals surface area contributed by atoms with E-state index in [1.807, 2.05) is 48.3 Å². The van der Waals surface area contributed by atoms with Crippen molar-refractivity contribution in [3.8, 4) is 0 Å². The Balaban J connectivity index is 1.69. The van der Waals surface area contributed by atoms with Crippen LogP contribution in [-0.2, 0) is 0 Å². The second-order valence-electron chi connectivity index (χ2n) is 5.38. The van der Waals surface area contributed by atoms with Gasteiger partial charge in [0.1, 0.15) is 0 Å². The molecule has 2 nitrogen and oxygen atoms in total. The lowest BCUT2D eigenvalue weighted by atomic mass is 10.1. The molecule has 0 saturated heterocycles. The molecule has 2 rings (SSSR count). The Hall–Kier alpha value is -0.300. The summed E-state index contributed by atoms with van der Waals surface area (Å²) in [5.41, 5.74) is 2.64. The van der Waals surface area contributed by atoms with E-state index in [-0.39, 0.29) is 0 Å². The third kappa shape index (κ3) is 8.76. The Labute approximate surface area is 169 Å². The van der Waals surface area contributed by atoms with E-state index >= 15 is 0 Å². The first-order valence-electron chi connectivity index (χ1n) is 8.47. The fraction of sp³-hybridized carbons (Fsp3) is 0.474. The molecule has 0 spiro atoms. The Morgan fingerprint density at radius 3 is 1.76 bits per heavy atom. The van der Waals surface area contributed by atoms with Crippen LogP contribution < -0.4 is 0 Å². The van der Waals surface area contributed by atoms with Crippen LogP contribution in [0.4, 0.5) is 0 Å². The smallest absolute Gasteiger partial charge is 0.0549 e. The molecule has 0 aromatic carbocycles. The summed E-state index contributed by atoms with van der Waals surface area (Å²) < 4.78 is 0. The number of aromatic nitrogens is 2. The van der Waals surface area contributed by atoms with E-state index in [9.17, 15) is 0 Å². The summed E-state index contributed by atoms with van der Waals surface area (Å²) in [5, 5.41) is 0.369. The van der Waals surface area contributed by atoms with Crippen LogP contribution in [0.3, 0.4) is 0 Å². The van der Waals surface area contributed by atoms with Crippen molar-refractivity contribution in [2.24, 2.45) is 0 Å². The molecule has 0 radical (unpaired) electrons. The molecule has 0 saturated carbocycles. The zero-order valence-electron chi connectivity index (χ0n) is 14.7. The lowest BCUT2D eigenvalue weighted by Crippen LogP contribution is -2.00. The van der Waals surface area contributed by atoms with Crippen molar-refractivity contribution in [1.82, 2.24) is 9.97 Å². The van der Waals surface area contributed by atoms with Crippen LogP contribution in [0.2, 0.25) is 0 Å². The Kier molecular flexibility index (Phi) is 11.6. The van der Waals surface area contributed by atoms with Gasteiger partial charge >= 0.3 is 0 Å². The minimum atomic E-state index is 0.369. The van der Waals surface area contributed by atoms with E-state index in [0.29, 0.717) is 5.25 Å². The van der Waals surface area contributed by atoms with Crippen LogP contribution in [0.1, 0.15) is 22.8 Å². The highest BCUT2D eigenvalue weighted by Gasteiger charge is 2.14. The van der Waals surface area contributed by atoms with Crippen molar-refractivity contribution >= 4 is 47.0 Å². The molecule has 25 heavy (non-hydrogen) atoms. The molecule has 0 fully saturated rings. The molecule has 0 atom stereocenters. The zero-order chi connectivity index (χ0) is 17.6. The molecular formula is C19H26N2S4. The number of pyridine rings is 2. The van der Waals surface area contributed by atoms with Crippen molar-refractivity contribution in [1.29, 1.82) is 0 Å². The number of nitrogens with zero attached hydrogens (tertiary/aromatic N) is 2. The first-order valence-corrected chi connectivity index (χ1v) is 13.2. The summed E-state index contributed by atoms with van der Waals surface area (Å²) in [5.74, 6) is 7.53. The van der Waals surface area contributed by atoms with Gasteiger partial charge in [-0.3, -0.25) is 9.97 Å². The molecule has 0 bridgehead atoms. The number of hydrogen-bond donors (Lipinski definition) is 0. The Morgan fingerprint density at radius 2 is 1.24 bits per heavy atom. The van der Waals surface area contributed by atoms with E-state index < -0.39 is 0 Å². The molecule has 0 unspecified atom stereocenters. The Morgan fingerprint density at radius 1 is 0.720 bits per heavy atom. The van der Waals surface area contributed by atoms with Gasteiger partial charge in [-0.05, 0) is 59.6 Å². The first-order chi connectivity index (χ1) is 12.4. The van der Waals surface area contributed by atoms with Crippen LogP contribution in [0, 0.1) is 0 Å². The van der Waals surface area contributed by atoms with Crippen molar-refractivity contribution < 1.29 is 0 Å². The monoisotopic (exact) mass is 410 g/mol. The van der Waals surface area contributed by atoms with Crippen LogP contribution in [0.5, 0.6) is 0 Å². The lowest BCUT2D eigenvalue weighted by molar-refractivity contribution is 1.11. The topological polar surface area (TPSA) is 25.8 Å². The van der Waals surface area contributed by atoms with Gasteiger partial charge in [-0.15, -0.1) is 11.8 Å². The van der Waals surface area contributed by atoms with Gasteiger partial charge in [-0.1, -0.05) is 0 Å². The molecule has 0 aliphatic carbocycles. The Bertz CT molecular complexity index is 514. The van der Waals surface area contributed by atoms with Crippen LogP contribution in [0.15, 0.2) is 49.1 Å². The summed E-state index contributed by atoms with van der Waals surface area (Å²) in [6.45, 7) is 0. The third-order valence-corrected chi connectivity index (χ3v) is 8.13. The van der Waals surface area contributed by atoms with Crippen molar-refractivity contribution in [3.63, 3.8) is 0 Å². The van der Waals surface area contributed by atoms with E-state index in [1.54, 1.807) is 0 Å². The van der Waals surface area contributed by atoms with Crippen molar-refractivity contribution in [3.05, 3.63) is 60.2 Å². The predicted octanol–water partition coefficient (Wildman–Crippen LogP) is 5.52. The normalized spacial score (nSPS) is 11.1. The van der Waals surface area contributed by atoms with Gasteiger partial charge in [-0.25, -0.2) is 0 Å². The molecule has 0 amide bonds. The fourth-order valence-corrected chi connectivity index (χ4v) is 6.51. The standard InChI is InChI=1S/C19H26N2S4/c1-22-13-14-23-11-2-12-24-15-16-25-19(17-3-7-20-8-4-17)18-5-9-21-10-6-18/h3-10,19H,2,11-16H2,1H3. The molecule has 6 heteroatoms. The maximum absolute atomic E-state index is 4.15. The quantitative estimate of drug-likeness (QED) is 0.403. The minimum absolute atomic E-state index is 0.369.